The van der Waals surface area contributed by atoms with Gasteiger partial charge in [-0.1, -0.05) is 189 Å². The van der Waals surface area contributed by atoms with Crippen LogP contribution in [-0.2, 0) is 15.9 Å². The van der Waals surface area contributed by atoms with Gasteiger partial charge in [0.05, 0.1) is 37.6 Å². The predicted octanol–water partition coefficient (Wildman–Crippen LogP) is 11.3. The molecule has 0 aliphatic heterocycles. The summed E-state index contributed by atoms with van der Waals surface area (Å²) in [6.07, 6.45) is 17.6. The van der Waals surface area contributed by atoms with Gasteiger partial charge in [0.15, 0.2) is 30.6 Å². The highest BCUT2D eigenvalue weighted by atomic mass is 16.3. The molecular formula is C56H48N8O5. The van der Waals surface area contributed by atoms with E-state index in [-0.39, 0.29) is 13.9 Å². The van der Waals surface area contributed by atoms with Gasteiger partial charge >= 0.3 is 0 Å². The van der Waals surface area contributed by atoms with Crippen LogP contribution in [0.2, 0.25) is 0 Å². The first-order valence-electron chi connectivity index (χ1n) is 21.3. The number of imidazole rings is 3. The Morgan fingerprint density at radius 2 is 0.841 bits per heavy atom. The van der Waals surface area contributed by atoms with E-state index in [0.29, 0.717) is 17.2 Å². The Morgan fingerprint density at radius 1 is 0.478 bits per heavy atom. The van der Waals surface area contributed by atoms with Gasteiger partial charge in [0.25, 0.3) is 6.47 Å². The van der Waals surface area contributed by atoms with Crippen molar-refractivity contribution < 1.29 is 23.5 Å². The molecule has 0 aliphatic carbocycles. The minimum absolute atomic E-state index is 0. The van der Waals surface area contributed by atoms with E-state index in [0.717, 1.165) is 51.1 Å². The van der Waals surface area contributed by atoms with Crippen LogP contribution in [0.3, 0.4) is 0 Å². The Kier molecular flexibility index (Phi) is 15.9. The molecule has 0 fully saturated rings. The zero-order valence-corrected chi connectivity index (χ0v) is 36.5. The molecule has 13 heteroatoms. The highest BCUT2D eigenvalue weighted by Crippen LogP contribution is 2.42. The van der Waals surface area contributed by atoms with Crippen molar-refractivity contribution in [2.24, 2.45) is 0 Å². The van der Waals surface area contributed by atoms with Crippen LogP contribution in [0.4, 0.5) is 0 Å². The quantitative estimate of drug-likeness (QED) is 0.0940. The molecule has 69 heavy (non-hydrogen) atoms. The van der Waals surface area contributed by atoms with E-state index >= 15 is 0 Å². The second kappa shape index (κ2) is 23.1. The standard InChI is InChI=1S/C25H19N3O.C23H18N2O.C6H5N3O.CH2O2.CH4/c1-4-10-20(11-5-1)25(21-12-6-2-7-13-21,22-14-8-3-9-15-22)28-17-23(27-18-28)24-16-26-19-29-24;26-17-22-16-25(18-24-22)23(19-10-4-1-5-11-19,20-12-6-2-7-13-20)21-14-8-3-9-15-21;1-5(9-3-7-1)6-2-8-4-10-6;2-1-3;/h1-19H;1-18H;1-4H,(H,7,9);1H,(H,2,3);1H4. The molecule has 0 atom stereocenters. The summed E-state index contributed by atoms with van der Waals surface area (Å²) in [5, 5.41) is 6.89. The number of benzene rings is 6. The van der Waals surface area contributed by atoms with Crippen LogP contribution in [0.5, 0.6) is 0 Å². The van der Waals surface area contributed by atoms with Gasteiger partial charge in [-0.25, -0.2) is 24.9 Å². The van der Waals surface area contributed by atoms with Gasteiger partial charge in [0.2, 0.25) is 0 Å². The molecule has 11 aromatic rings. The van der Waals surface area contributed by atoms with Gasteiger partial charge in [-0.15, -0.1) is 0 Å². The van der Waals surface area contributed by atoms with Gasteiger partial charge in [0, 0.05) is 12.4 Å². The molecule has 0 spiro atoms. The Bertz CT molecular complexity index is 2920. The number of carboxylic acid groups (broad SMARTS) is 1. The number of carbonyl (C=O) groups is 2. The summed E-state index contributed by atoms with van der Waals surface area (Å²) >= 11 is 0. The lowest BCUT2D eigenvalue weighted by molar-refractivity contribution is -0.122. The van der Waals surface area contributed by atoms with Crippen molar-refractivity contribution in [1.29, 1.82) is 0 Å². The summed E-state index contributed by atoms with van der Waals surface area (Å²) in [6, 6.07) is 62.4. The molecule has 5 heterocycles. The van der Waals surface area contributed by atoms with Crippen molar-refractivity contribution in [3.05, 3.63) is 284 Å². The van der Waals surface area contributed by atoms with E-state index in [9.17, 15) is 4.79 Å². The summed E-state index contributed by atoms with van der Waals surface area (Å²) in [5.41, 5.74) is 7.58. The van der Waals surface area contributed by atoms with Crippen molar-refractivity contribution in [3.8, 4) is 22.9 Å². The Morgan fingerprint density at radius 3 is 1.16 bits per heavy atom. The molecule has 6 aromatic carbocycles. The fourth-order valence-electron chi connectivity index (χ4n) is 8.27. The molecule has 0 bridgehead atoms. The summed E-state index contributed by atoms with van der Waals surface area (Å²) in [6.45, 7) is -0.250. The number of H-pyrrole nitrogens is 1. The zero-order valence-electron chi connectivity index (χ0n) is 36.5. The van der Waals surface area contributed by atoms with Crippen LogP contribution < -0.4 is 0 Å². The predicted molar refractivity (Wildman–Crippen MR) is 264 cm³/mol. The van der Waals surface area contributed by atoms with Gasteiger partial charge in [-0.05, 0) is 33.4 Å². The lowest BCUT2D eigenvalue weighted by Gasteiger charge is -2.37. The SMILES string of the molecule is C.O=CO.O=Cc1cn(C(c2ccccc2)(c2ccccc2)c2ccccc2)cn1.c1ccc(C(c2ccccc2)(c2ccccc2)n2cnc(-c3cnco3)c2)cc1.c1ncc(-c2cnco2)[nH]1. The minimum atomic E-state index is -0.613. The fourth-order valence-corrected chi connectivity index (χ4v) is 8.27. The van der Waals surface area contributed by atoms with Crippen LogP contribution in [0.15, 0.2) is 254 Å². The summed E-state index contributed by atoms with van der Waals surface area (Å²) in [7, 11) is 0. The summed E-state index contributed by atoms with van der Waals surface area (Å²) in [4.78, 5) is 43.1. The highest BCUT2D eigenvalue weighted by molar-refractivity contribution is 5.71. The fraction of sp³-hybridized carbons (Fsp3) is 0.0536. The number of rotatable bonds is 11. The molecule has 2 N–H and O–H groups in total. The number of aldehydes is 1. The van der Waals surface area contributed by atoms with Crippen molar-refractivity contribution in [2.75, 3.05) is 0 Å². The lowest BCUT2D eigenvalue weighted by atomic mass is 9.77. The van der Waals surface area contributed by atoms with E-state index in [1.165, 1.54) is 12.8 Å². The van der Waals surface area contributed by atoms with E-state index in [1.54, 1.807) is 37.4 Å². The maximum Gasteiger partial charge on any atom is 0.290 e. The minimum Gasteiger partial charge on any atom is -0.483 e. The number of aromatic amines is 1. The Hall–Kier alpha value is -9.49. The molecule has 0 unspecified atom stereocenters. The first-order chi connectivity index (χ1) is 33.6. The van der Waals surface area contributed by atoms with E-state index in [1.807, 2.05) is 89.9 Å². The number of hydrogen-bond donors (Lipinski definition) is 2. The van der Waals surface area contributed by atoms with E-state index in [2.05, 4.69) is 144 Å². The summed E-state index contributed by atoms with van der Waals surface area (Å²) in [5.74, 6) is 1.35. The average Bonchev–Trinajstić information content (AvgIpc) is 4.28. The van der Waals surface area contributed by atoms with Crippen LogP contribution in [0.25, 0.3) is 22.9 Å². The van der Waals surface area contributed by atoms with Crippen LogP contribution in [0, 0.1) is 0 Å². The first kappa shape index (κ1) is 47.5. The topological polar surface area (TPSA) is 171 Å². The number of aromatic nitrogens is 8. The summed E-state index contributed by atoms with van der Waals surface area (Å²) < 4.78 is 14.7. The zero-order chi connectivity index (χ0) is 46.9. The number of nitrogens with zero attached hydrogens (tertiary/aromatic N) is 7. The Balaban J connectivity index is 0.000000161. The molecule has 0 amide bonds. The number of carbonyl (C=O) groups excluding carboxylic acids is 1. The van der Waals surface area contributed by atoms with Gasteiger partial charge in [-0.2, -0.15) is 0 Å². The van der Waals surface area contributed by atoms with Crippen molar-refractivity contribution in [3.63, 3.8) is 0 Å². The maximum absolute atomic E-state index is 11.3. The first-order valence-corrected chi connectivity index (χ1v) is 21.3. The van der Waals surface area contributed by atoms with Crippen molar-refractivity contribution in [2.45, 2.75) is 18.5 Å². The third-order valence-electron chi connectivity index (χ3n) is 11.1. The molecule has 0 saturated carbocycles. The number of oxazole rings is 2. The van der Waals surface area contributed by atoms with Crippen LogP contribution in [-0.4, -0.2) is 56.9 Å². The van der Waals surface area contributed by atoms with E-state index < -0.39 is 11.1 Å². The van der Waals surface area contributed by atoms with Gasteiger partial charge in [0.1, 0.15) is 28.2 Å². The van der Waals surface area contributed by atoms with Gasteiger partial charge in [-0.3, -0.25) is 9.59 Å². The molecule has 0 saturated heterocycles. The molecular weight excluding hydrogens is 865 g/mol. The molecule has 0 radical (unpaired) electrons. The maximum atomic E-state index is 11.3. The molecule has 11 rings (SSSR count). The largest absolute Gasteiger partial charge is 0.483 e. The third kappa shape index (κ3) is 10.2. The molecule has 13 nitrogen and oxygen atoms in total. The van der Waals surface area contributed by atoms with Crippen LogP contribution in [0.1, 0.15) is 51.3 Å². The van der Waals surface area contributed by atoms with Gasteiger partial charge < -0.3 is 28.1 Å². The molecule has 5 aromatic heterocycles. The lowest BCUT2D eigenvalue weighted by Crippen LogP contribution is -2.36. The monoisotopic (exact) mass is 912 g/mol. The molecule has 0 aliphatic rings. The molecule has 342 valence electrons. The number of nitrogens with one attached hydrogen (secondary N) is 1. The van der Waals surface area contributed by atoms with Crippen molar-refractivity contribution >= 4 is 12.8 Å². The Labute approximate surface area is 399 Å². The second-order valence-corrected chi connectivity index (χ2v) is 14.9. The van der Waals surface area contributed by atoms with Crippen molar-refractivity contribution in [1.82, 2.24) is 39.0 Å². The third-order valence-corrected chi connectivity index (χ3v) is 11.1. The smallest absolute Gasteiger partial charge is 0.290 e. The highest BCUT2D eigenvalue weighted by Gasteiger charge is 2.39. The average molecular weight is 913 g/mol. The second-order valence-electron chi connectivity index (χ2n) is 14.9. The normalized spacial score (nSPS) is 10.7. The van der Waals surface area contributed by atoms with Crippen LogP contribution >= 0.6 is 0 Å². The number of hydrogen-bond acceptors (Lipinski definition) is 9. The van der Waals surface area contributed by atoms with E-state index in [4.69, 9.17) is 18.7 Å².